The quantitative estimate of drug-likeness (QED) is 0.348. The average molecular weight is 445 g/mol. The maximum Gasteiger partial charge on any atom is 0.289 e. The molecule has 0 saturated heterocycles. The topological polar surface area (TPSA) is 70.1 Å². The van der Waals surface area contributed by atoms with Crippen LogP contribution in [0.4, 0.5) is 0 Å². The maximum atomic E-state index is 12.4. The molecule has 4 aromatic rings. The Kier molecular flexibility index (Phi) is 4.48. The van der Waals surface area contributed by atoms with Crippen LogP contribution in [-0.2, 0) is 12.8 Å². The zero-order chi connectivity index (χ0) is 19.8. The number of carbonyl (C=O) groups is 1. The molecule has 29 heavy (non-hydrogen) atoms. The molecule has 0 atom stereocenters. The van der Waals surface area contributed by atoms with Crippen molar-refractivity contribution in [3.05, 3.63) is 87.5 Å². The number of nitrogens with zero attached hydrogens (tertiary/aromatic N) is 2. The Hall–Kier alpha value is -3.25. The molecule has 5 rings (SSSR count). The number of benzene rings is 3. The number of H-pyrrole nitrogens is 1. The first-order valence-electron chi connectivity index (χ1n) is 9.37. The van der Waals surface area contributed by atoms with Crippen LogP contribution < -0.4 is 5.43 Å². The molecule has 1 heterocycles. The van der Waals surface area contributed by atoms with Gasteiger partial charge in [-0.3, -0.25) is 9.89 Å². The summed E-state index contributed by atoms with van der Waals surface area (Å²) in [6, 6.07) is 20.1. The van der Waals surface area contributed by atoms with Crippen LogP contribution in [-0.4, -0.2) is 22.3 Å². The van der Waals surface area contributed by atoms with Gasteiger partial charge >= 0.3 is 0 Å². The standard InChI is InChI=1S/C23H17BrN4O/c24-17-5-1-3-14(11-17)13-25-28-23(29)21-12-20(26-27-21)18-10-9-16-8-7-15-4-2-6-19(18)22(15)16/h1-6,9-13H,7-8H2,(H,26,27)(H,28,29)/b25-13+. The van der Waals surface area contributed by atoms with Gasteiger partial charge in [-0.05, 0) is 58.5 Å². The van der Waals surface area contributed by atoms with Crippen molar-refractivity contribution >= 4 is 38.8 Å². The van der Waals surface area contributed by atoms with E-state index in [0.29, 0.717) is 5.69 Å². The lowest BCUT2D eigenvalue weighted by molar-refractivity contribution is 0.0950. The second kappa shape index (κ2) is 7.29. The molecule has 5 nitrogen and oxygen atoms in total. The number of aromatic nitrogens is 2. The first kappa shape index (κ1) is 17.8. The van der Waals surface area contributed by atoms with Crippen molar-refractivity contribution in [2.45, 2.75) is 12.8 Å². The van der Waals surface area contributed by atoms with Crippen molar-refractivity contribution < 1.29 is 4.79 Å². The zero-order valence-electron chi connectivity index (χ0n) is 15.4. The number of hydrazone groups is 1. The molecule has 1 aliphatic carbocycles. The Morgan fingerprint density at radius 2 is 1.90 bits per heavy atom. The largest absolute Gasteiger partial charge is 0.289 e. The Balaban J connectivity index is 1.39. The lowest BCUT2D eigenvalue weighted by atomic mass is 9.98. The van der Waals surface area contributed by atoms with E-state index in [2.05, 4.69) is 67.0 Å². The van der Waals surface area contributed by atoms with Crippen molar-refractivity contribution in [2.75, 3.05) is 0 Å². The van der Waals surface area contributed by atoms with E-state index in [-0.39, 0.29) is 5.91 Å². The van der Waals surface area contributed by atoms with E-state index in [4.69, 9.17) is 0 Å². The van der Waals surface area contributed by atoms with Gasteiger partial charge in [-0.2, -0.15) is 10.2 Å². The number of nitrogens with one attached hydrogen (secondary N) is 2. The molecule has 1 aromatic heterocycles. The molecule has 6 heteroatoms. The van der Waals surface area contributed by atoms with Gasteiger partial charge in [-0.15, -0.1) is 0 Å². The summed E-state index contributed by atoms with van der Waals surface area (Å²) < 4.78 is 0.955. The van der Waals surface area contributed by atoms with Gasteiger partial charge in [-0.25, -0.2) is 5.43 Å². The molecule has 1 aliphatic rings. The second-order valence-electron chi connectivity index (χ2n) is 7.03. The van der Waals surface area contributed by atoms with Crippen LogP contribution in [0.3, 0.4) is 0 Å². The number of halogens is 1. The third kappa shape index (κ3) is 3.36. The van der Waals surface area contributed by atoms with Gasteiger partial charge in [0.1, 0.15) is 5.69 Å². The Morgan fingerprint density at radius 1 is 1.07 bits per heavy atom. The first-order valence-corrected chi connectivity index (χ1v) is 10.2. The van der Waals surface area contributed by atoms with E-state index >= 15 is 0 Å². The number of hydrogen-bond acceptors (Lipinski definition) is 3. The van der Waals surface area contributed by atoms with E-state index < -0.39 is 0 Å². The van der Waals surface area contributed by atoms with Crippen molar-refractivity contribution in [1.82, 2.24) is 15.6 Å². The highest BCUT2D eigenvalue weighted by molar-refractivity contribution is 9.10. The molecular formula is C23H17BrN4O. The number of aryl methyl sites for hydroxylation is 2. The second-order valence-corrected chi connectivity index (χ2v) is 7.95. The third-order valence-electron chi connectivity index (χ3n) is 5.20. The molecule has 3 aromatic carbocycles. The average Bonchev–Trinajstić information content (AvgIpc) is 3.37. The minimum atomic E-state index is -0.332. The Labute approximate surface area is 176 Å². The molecule has 142 valence electrons. The van der Waals surface area contributed by atoms with Crippen LogP contribution in [0.1, 0.15) is 27.2 Å². The van der Waals surface area contributed by atoms with E-state index in [1.165, 1.54) is 21.9 Å². The first-order chi connectivity index (χ1) is 14.2. The molecule has 0 unspecified atom stereocenters. The van der Waals surface area contributed by atoms with Crippen LogP contribution in [0, 0.1) is 0 Å². The number of amides is 1. The van der Waals surface area contributed by atoms with Crippen molar-refractivity contribution in [1.29, 1.82) is 0 Å². The summed E-state index contributed by atoms with van der Waals surface area (Å²) in [6.07, 6.45) is 3.77. The van der Waals surface area contributed by atoms with E-state index in [1.807, 2.05) is 24.3 Å². The normalized spacial score (nSPS) is 12.7. The number of carbonyl (C=O) groups excluding carboxylic acids is 1. The lowest BCUT2D eigenvalue weighted by Crippen LogP contribution is -2.17. The monoisotopic (exact) mass is 444 g/mol. The highest BCUT2D eigenvalue weighted by Crippen LogP contribution is 2.36. The van der Waals surface area contributed by atoms with Crippen LogP contribution >= 0.6 is 15.9 Å². The summed E-state index contributed by atoms with van der Waals surface area (Å²) in [5.74, 6) is -0.332. The van der Waals surface area contributed by atoms with Crippen LogP contribution in [0.25, 0.3) is 22.0 Å². The SMILES string of the molecule is O=C(N/N=C/c1cccc(Br)c1)c1cc(-c2ccc3c4c(cccc24)CC3)n[nH]1. The highest BCUT2D eigenvalue weighted by Gasteiger charge is 2.18. The van der Waals surface area contributed by atoms with E-state index in [9.17, 15) is 4.79 Å². The number of aromatic amines is 1. The molecule has 0 spiro atoms. The summed E-state index contributed by atoms with van der Waals surface area (Å²) in [7, 11) is 0. The van der Waals surface area contributed by atoms with Crippen LogP contribution in [0.5, 0.6) is 0 Å². The van der Waals surface area contributed by atoms with Crippen molar-refractivity contribution in [2.24, 2.45) is 5.10 Å². The zero-order valence-corrected chi connectivity index (χ0v) is 17.0. The fourth-order valence-electron chi connectivity index (χ4n) is 3.86. The third-order valence-corrected chi connectivity index (χ3v) is 5.70. The summed E-state index contributed by atoms with van der Waals surface area (Å²) in [5, 5.41) is 13.7. The van der Waals surface area contributed by atoms with E-state index in [0.717, 1.165) is 34.1 Å². The van der Waals surface area contributed by atoms with Gasteiger partial charge in [-0.1, -0.05) is 58.4 Å². The molecule has 0 radical (unpaired) electrons. The molecule has 0 fully saturated rings. The molecule has 0 aliphatic heterocycles. The fourth-order valence-corrected chi connectivity index (χ4v) is 4.28. The smallest absolute Gasteiger partial charge is 0.272 e. The highest BCUT2D eigenvalue weighted by atomic mass is 79.9. The van der Waals surface area contributed by atoms with Gasteiger partial charge in [0.05, 0.1) is 11.9 Å². The summed E-state index contributed by atoms with van der Waals surface area (Å²) in [4.78, 5) is 12.4. The van der Waals surface area contributed by atoms with E-state index in [1.54, 1.807) is 12.3 Å². The van der Waals surface area contributed by atoms with Gasteiger partial charge in [0.15, 0.2) is 0 Å². The molecule has 0 bridgehead atoms. The van der Waals surface area contributed by atoms with Crippen LogP contribution in [0.2, 0.25) is 0 Å². The van der Waals surface area contributed by atoms with Gasteiger partial charge < -0.3 is 0 Å². The minimum Gasteiger partial charge on any atom is -0.272 e. The number of hydrogen-bond donors (Lipinski definition) is 2. The van der Waals surface area contributed by atoms with Crippen molar-refractivity contribution in [3.8, 4) is 11.3 Å². The molecule has 1 amide bonds. The molecule has 2 N–H and O–H groups in total. The predicted molar refractivity (Wildman–Crippen MR) is 118 cm³/mol. The van der Waals surface area contributed by atoms with Crippen LogP contribution in [0.15, 0.2) is 70.2 Å². The molecule has 0 saturated carbocycles. The number of rotatable bonds is 4. The summed E-state index contributed by atoms with van der Waals surface area (Å²) >= 11 is 3.41. The molecular weight excluding hydrogens is 428 g/mol. The van der Waals surface area contributed by atoms with Gasteiger partial charge in [0, 0.05) is 10.0 Å². The fraction of sp³-hybridized carbons (Fsp3) is 0.0870. The van der Waals surface area contributed by atoms with Gasteiger partial charge in [0.2, 0.25) is 0 Å². The predicted octanol–water partition coefficient (Wildman–Crippen LogP) is 4.85. The summed E-state index contributed by atoms with van der Waals surface area (Å²) in [6.45, 7) is 0. The summed E-state index contributed by atoms with van der Waals surface area (Å²) in [5.41, 5.74) is 8.35. The Bertz CT molecular complexity index is 1260. The maximum absolute atomic E-state index is 12.4. The lowest BCUT2D eigenvalue weighted by Gasteiger charge is -2.06. The Morgan fingerprint density at radius 3 is 2.76 bits per heavy atom. The van der Waals surface area contributed by atoms with Crippen molar-refractivity contribution in [3.63, 3.8) is 0 Å². The van der Waals surface area contributed by atoms with Gasteiger partial charge in [0.25, 0.3) is 5.91 Å². The minimum absolute atomic E-state index is 0.332.